The molecular formula is C31H31N5O5S. The van der Waals surface area contributed by atoms with Gasteiger partial charge >= 0.3 is 6.09 Å². The van der Waals surface area contributed by atoms with Gasteiger partial charge in [-0.05, 0) is 47.9 Å². The summed E-state index contributed by atoms with van der Waals surface area (Å²) < 4.78 is 29.2. The normalized spacial score (nSPS) is 11.8. The predicted octanol–water partition coefficient (Wildman–Crippen LogP) is 4.41. The molecule has 3 aromatic carbocycles. The number of rotatable bonds is 9. The maximum atomic E-state index is 13.0. The van der Waals surface area contributed by atoms with Crippen molar-refractivity contribution in [2.75, 3.05) is 7.05 Å². The van der Waals surface area contributed by atoms with Crippen LogP contribution in [0.5, 0.6) is 0 Å². The van der Waals surface area contributed by atoms with Crippen molar-refractivity contribution in [2.45, 2.75) is 30.9 Å². The van der Waals surface area contributed by atoms with Crippen LogP contribution in [0.3, 0.4) is 0 Å². The maximum absolute atomic E-state index is 13.0. The number of carbonyl (C=O) groups is 2. The molecule has 2 amide bonds. The highest BCUT2D eigenvalue weighted by Gasteiger charge is 2.17. The second kappa shape index (κ2) is 13.2. The summed E-state index contributed by atoms with van der Waals surface area (Å²) >= 11 is 0. The van der Waals surface area contributed by atoms with Gasteiger partial charge in [-0.25, -0.2) is 18.4 Å². The van der Waals surface area contributed by atoms with Crippen LogP contribution in [-0.2, 0) is 32.5 Å². The first kappa shape index (κ1) is 30.1. The fourth-order valence-corrected chi connectivity index (χ4v) is 5.05. The number of benzene rings is 3. The summed E-state index contributed by atoms with van der Waals surface area (Å²) in [5.41, 5.74) is 3.77. The Kier molecular flexibility index (Phi) is 9.46. The molecule has 0 fully saturated rings. The van der Waals surface area contributed by atoms with Crippen molar-refractivity contribution in [3.63, 3.8) is 0 Å². The lowest BCUT2D eigenvalue weighted by atomic mass is 10.0. The Morgan fingerprint density at radius 1 is 0.976 bits per heavy atom. The summed E-state index contributed by atoms with van der Waals surface area (Å²) in [6.07, 6.45) is 0.400. The second-order valence-electron chi connectivity index (χ2n) is 9.67. The van der Waals surface area contributed by atoms with E-state index in [1.807, 2.05) is 6.07 Å². The van der Waals surface area contributed by atoms with E-state index in [0.717, 1.165) is 11.1 Å². The van der Waals surface area contributed by atoms with Gasteiger partial charge in [0.2, 0.25) is 15.9 Å². The molecule has 0 aliphatic rings. The fourth-order valence-electron chi connectivity index (χ4n) is 4.29. The Morgan fingerprint density at radius 2 is 1.69 bits per heavy atom. The number of sulfonamides is 1. The van der Waals surface area contributed by atoms with E-state index >= 15 is 0 Å². The predicted molar refractivity (Wildman–Crippen MR) is 159 cm³/mol. The van der Waals surface area contributed by atoms with Crippen molar-refractivity contribution in [1.82, 2.24) is 15.2 Å². The van der Waals surface area contributed by atoms with Gasteiger partial charge < -0.3 is 9.64 Å². The van der Waals surface area contributed by atoms with Crippen LogP contribution >= 0.6 is 0 Å². The number of amides is 2. The van der Waals surface area contributed by atoms with Gasteiger partial charge in [0.15, 0.2) is 0 Å². The number of hydrogen-bond acceptors (Lipinski definition) is 7. The van der Waals surface area contributed by atoms with Crippen molar-refractivity contribution in [3.05, 3.63) is 120 Å². The van der Waals surface area contributed by atoms with Crippen LogP contribution < -0.4 is 10.5 Å². The quantitative estimate of drug-likeness (QED) is 0.195. The highest BCUT2D eigenvalue weighted by molar-refractivity contribution is 7.89. The Hall–Kier alpha value is -4.87. The van der Waals surface area contributed by atoms with Crippen molar-refractivity contribution >= 4 is 27.9 Å². The number of hydrogen-bond donors (Lipinski definition) is 3. The largest absolute Gasteiger partial charge is 0.440 e. The molecule has 0 spiro atoms. The summed E-state index contributed by atoms with van der Waals surface area (Å²) in [7, 11) is -2.20. The smallest absolute Gasteiger partial charge is 0.413 e. The molecule has 42 heavy (non-hydrogen) atoms. The molecule has 1 unspecified atom stereocenters. The molecule has 4 rings (SSSR count). The molecule has 11 heteroatoms. The minimum Gasteiger partial charge on any atom is -0.440 e. The van der Waals surface area contributed by atoms with Crippen LogP contribution in [0.15, 0.2) is 102 Å². The number of likely N-dealkylation sites (N-methyl/N-ethyl adjacent to an activating group) is 1. The first-order chi connectivity index (χ1) is 20.0. The highest BCUT2D eigenvalue weighted by atomic mass is 32.2. The summed E-state index contributed by atoms with van der Waals surface area (Å²) in [6, 6.07) is 25.9. The molecule has 0 aliphatic carbocycles. The standard InChI is InChI=1S/C31H31N5O5S/c1-21(27-11-5-6-17-34-27)41-31(38)35-30(32)25-9-7-8-23(18-25)20-36(2)29(37)19-22-13-15-24(16-14-22)26-10-3-4-12-28(26)42(33,39)40/h3-18,21H,19-20H2,1-2H3,(H2,32,35,38)(H2,33,39,40). The Balaban J connectivity index is 1.34. The summed E-state index contributed by atoms with van der Waals surface area (Å²) in [4.78, 5) is 31.0. The molecule has 0 bridgehead atoms. The van der Waals surface area contributed by atoms with Gasteiger partial charge in [-0.15, -0.1) is 0 Å². The van der Waals surface area contributed by atoms with E-state index in [2.05, 4.69) is 10.3 Å². The van der Waals surface area contributed by atoms with E-state index < -0.39 is 22.2 Å². The van der Waals surface area contributed by atoms with Gasteiger partial charge in [-0.1, -0.05) is 66.7 Å². The van der Waals surface area contributed by atoms with Crippen LogP contribution in [0.2, 0.25) is 0 Å². The zero-order valence-electron chi connectivity index (χ0n) is 23.2. The third kappa shape index (κ3) is 7.87. The Labute approximate surface area is 244 Å². The number of aromatic nitrogens is 1. The number of nitrogens with two attached hydrogens (primary N) is 1. The lowest BCUT2D eigenvalue weighted by Crippen LogP contribution is -2.32. The number of amidine groups is 1. The number of nitrogens with one attached hydrogen (secondary N) is 2. The SMILES string of the molecule is CC(OC(=O)NC(=N)c1cccc(CN(C)C(=O)Cc2ccc(-c3ccccc3S(N)(=O)=O)cc2)c1)c1ccccn1. The molecule has 0 aliphatic heterocycles. The van der Waals surface area contributed by atoms with Crippen LogP contribution in [0.4, 0.5) is 4.79 Å². The molecule has 1 heterocycles. The van der Waals surface area contributed by atoms with Crippen LogP contribution in [0.25, 0.3) is 11.1 Å². The van der Waals surface area contributed by atoms with E-state index in [9.17, 15) is 18.0 Å². The third-order valence-electron chi connectivity index (χ3n) is 6.49. The van der Waals surface area contributed by atoms with E-state index in [0.29, 0.717) is 28.9 Å². The number of primary sulfonamides is 1. The van der Waals surface area contributed by atoms with Crippen molar-refractivity contribution < 1.29 is 22.7 Å². The minimum absolute atomic E-state index is 0.0370. The lowest BCUT2D eigenvalue weighted by molar-refractivity contribution is -0.129. The maximum Gasteiger partial charge on any atom is 0.413 e. The van der Waals surface area contributed by atoms with Crippen molar-refractivity contribution in [3.8, 4) is 11.1 Å². The molecule has 0 saturated heterocycles. The fraction of sp³-hybridized carbons (Fsp3) is 0.161. The lowest BCUT2D eigenvalue weighted by Gasteiger charge is -2.18. The van der Waals surface area contributed by atoms with Crippen LogP contribution in [0, 0.1) is 5.41 Å². The number of pyridine rings is 1. The van der Waals surface area contributed by atoms with Gasteiger partial charge in [0.05, 0.1) is 17.0 Å². The monoisotopic (exact) mass is 585 g/mol. The summed E-state index contributed by atoms with van der Waals surface area (Å²) in [6.45, 7) is 1.99. The first-order valence-electron chi connectivity index (χ1n) is 13.0. The number of carbonyl (C=O) groups excluding carboxylic acids is 2. The zero-order valence-corrected chi connectivity index (χ0v) is 24.0. The van der Waals surface area contributed by atoms with Crippen LogP contribution in [0.1, 0.15) is 35.4 Å². The number of alkyl carbamates (subject to hydrolysis) is 1. The highest BCUT2D eigenvalue weighted by Crippen LogP contribution is 2.27. The van der Waals surface area contributed by atoms with E-state index in [1.54, 1.807) is 104 Å². The molecule has 0 radical (unpaired) electrons. The Morgan fingerprint density at radius 3 is 2.38 bits per heavy atom. The molecule has 216 valence electrons. The molecule has 10 nitrogen and oxygen atoms in total. The zero-order chi connectivity index (χ0) is 30.3. The second-order valence-corrected chi connectivity index (χ2v) is 11.2. The minimum atomic E-state index is -3.89. The topological polar surface area (TPSA) is 156 Å². The summed E-state index contributed by atoms with van der Waals surface area (Å²) in [5.74, 6) is -0.258. The molecular weight excluding hydrogens is 554 g/mol. The average Bonchev–Trinajstić information content (AvgIpc) is 2.97. The average molecular weight is 586 g/mol. The van der Waals surface area contributed by atoms with E-state index in [-0.39, 0.29) is 23.1 Å². The van der Waals surface area contributed by atoms with Crippen molar-refractivity contribution in [2.24, 2.45) is 5.14 Å². The third-order valence-corrected chi connectivity index (χ3v) is 7.46. The number of nitrogens with zero attached hydrogens (tertiary/aromatic N) is 2. The summed E-state index contributed by atoms with van der Waals surface area (Å²) in [5, 5.41) is 16.1. The Bertz CT molecular complexity index is 1690. The molecule has 1 aromatic heterocycles. The number of ether oxygens (including phenoxy) is 1. The molecule has 4 N–H and O–H groups in total. The molecule has 4 aromatic rings. The van der Waals surface area contributed by atoms with E-state index in [1.165, 1.54) is 6.07 Å². The van der Waals surface area contributed by atoms with Gasteiger partial charge in [-0.3, -0.25) is 20.5 Å². The van der Waals surface area contributed by atoms with Gasteiger partial charge in [0.25, 0.3) is 0 Å². The molecule has 1 atom stereocenters. The van der Waals surface area contributed by atoms with Crippen molar-refractivity contribution in [1.29, 1.82) is 5.41 Å². The first-order valence-corrected chi connectivity index (χ1v) is 14.6. The van der Waals surface area contributed by atoms with Crippen LogP contribution in [-0.4, -0.2) is 43.2 Å². The van der Waals surface area contributed by atoms with Gasteiger partial charge in [0, 0.05) is 30.9 Å². The van der Waals surface area contributed by atoms with Gasteiger partial charge in [-0.2, -0.15) is 0 Å². The molecule has 0 saturated carbocycles. The van der Waals surface area contributed by atoms with Gasteiger partial charge in [0.1, 0.15) is 11.9 Å². The van der Waals surface area contributed by atoms with E-state index in [4.69, 9.17) is 15.3 Å².